The Bertz CT molecular complexity index is 569. The van der Waals surface area contributed by atoms with Gasteiger partial charge in [-0.15, -0.1) is 0 Å². The summed E-state index contributed by atoms with van der Waals surface area (Å²) in [6, 6.07) is 6.84. The number of benzene rings is 1. The Morgan fingerprint density at radius 2 is 2.00 bits per heavy atom. The molecule has 0 saturated carbocycles. The second-order valence-corrected chi connectivity index (χ2v) is 7.20. The number of aliphatic carboxylic acids is 1. The molecule has 1 unspecified atom stereocenters. The van der Waals surface area contributed by atoms with Crippen LogP contribution in [-0.4, -0.2) is 31.8 Å². The van der Waals surface area contributed by atoms with E-state index in [1.807, 2.05) is 6.92 Å². The molecule has 21 heavy (non-hydrogen) atoms. The predicted molar refractivity (Wildman–Crippen MR) is 83.3 cm³/mol. The van der Waals surface area contributed by atoms with Crippen molar-refractivity contribution in [1.29, 1.82) is 0 Å². The van der Waals surface area contributed by atoms with Gasteiger partial charge in [-0.1, -0.05) is 26.0 Å². The second-order valence-electron chi connectivity index (χ2n) is 5.12. The molecule has 0 heterocycles. The highest BCUT2D eigenvalue weighted by molar-refractivity contribution is 7.91. The van der Waals surface area contributed by atoms with Crippen LogP contribution < -0.4 is 5.32 Å². The number of sulfone groups is 1. The quantitative estimate of drug-likeness (QED) is 0.685. The van der Waals surface area contributed by atoms with Crippen molar-refractivity contribution in [3.05, 3.63) is 24.3 Å². The third-order valence-electron chi connectivity index (χ3n) is 3.25. The van der Waals surface area contributed by atoms with E-state index in [0.717, 1.165) is 0 Å². The van der Waals surface area contributed by atoms with Crippen molar-refractivity contribution in [3.8, 4) is 0 Å². The number of hydrogen-bond acceptors (Lipinski definition) is 4. The molecule has 6 heteroatoms. The highest BCUT2D eigenvalue weighted by Gasteiger charge is 2.17. The first-order chi connectivity index (χ1) is 9.88. The molecule has 0 aromatic heterocycles. The zero-order valence-electron chi connectivity index (χ0n) is 12.5. The minimum atomic E-state index is -3.26. The third kappa shape index (κ3) is 5.38. The Balaban J connectivity index is 2.66. The summed E-state index contributed by atoms with van der Waals surface area (Å²) in [5, 5.41) is 11.9. The minimum absolute atomic E-state index is 0.127. The van der Waals surface area contributed by atoms with Crippen molar-refractivity contribution in [3.63, 3.8) is 0 Å². The van der Waals surface area contributed by atoms with Gasteiger partial charge < -0.3 is 10.4 Å². The topological polar surface area (TPSA) is 83.5 Å². The normalized spacial score (nSPS) is 12.9. The van der Waals surface area contributed by atoms with Gasteiger partial charge in [0.2, 0.25) is 0 Å². The molecule has 0 spiro atoms. The van der Waals surface area contributed by atoms with Crippen molar-refractivity contribution in [2.24, 2.45) is 5.92 Å². The molecule has 0 aliphatic heterocycles. The molecule has 1 aromatic rings. The molecular formula is C15H23NO4S. The Morgan fingerprint density at radius 3 is 2.62 bits per heavy atom. The number of nitrogens with one attached hydrogen (secondary N) is 1. The molecule has 5 nitrogen and oxygen atoms in total. The fourth-order valence-corrected chi connectivity index (χ4v) is 3.54. The number of hydrogen-bond donors (Lipinski definition) is 2. The van der Waals surface area contributed by atoms with Crippen molar-refractivity contribution in [2.45, 2.75) is 38.0 Å². The van der Waals surface area contributed by atoms with E-state index in [2.05, 4.69) is 5.32 Å². The molecule has 2 N–H and O–H groups in total. The number of rotatable bonds is 9. The van der Waals surface area contributed by atoms with E-state index >= 15 is 0 Å². The molecule has 1 rings (SSSR count). The molecular weight excluding hydrogens is 290 g/mol. The molecule has 118 valence electrons. The van der Waals surface area contributed by atoms with Gasteiger partial charge in [0, 0.05) is 6.54 Å². The second kappa shape index (κ2) is 8.02. The van der Waals surface area contributed by atoms with Gasteiger partial charge in [-0.3, -0.25) is 4.79 Å². The van der Waals surface area contributed by atoms with Crippen LogP contribution in [0.3, 0.4) is 0 Å². The van der Waals surface area contributed by atoms with E-state index in [0.29, 0.717) is 36.4 Å². The largest absolute Gasteiger partial charge is 0.481 e. The van der Waals surface area contributed by atoms with Crippen LogP contribution in [0, 0.1) is 5.92 Å². The van der Waals surface area contributed by atoms with Crippen molar-refractivity contribution < 1.29 is 18.3 Å². The van der Waals surface area contributed by atoms with Crippen LogP contribution in [0.4, 0.5) is 5.69 Å². The maximum atomic E-state index is 12.2. The summed E-state index contributed by atoms with van der Waals surface area (Å²) in [6.45, 7) is 4.05. The number of carbonyl (C=O) groups is 1. The first kappa shape index (κ1) is 17.5. The zero-order chi connectivity index (χ0) is 15.9. The lowest BCUT2D eigenvalue weighted by Crippen LogP contribution is -2.13. The predicted octanol–water partition coefficient (Wildman–Crippen LogP) is 2.78. The lowest BCUT2D eigenvalue weighted by Gasteiger charge is -2.13. The number of carboxylic acids is 1. The Labute approximate surface area is 126 Å². The zero-order valence-corrected chi connectivity index (χ0v) is 13.3. The summed E-state index contributed by atoms with van der Waals surface area (Å²) in [6.07, 6.45) is 1.81. The summed E-state index contributed by atoms with van der Waals surface area (Å²) in [5.41, 5.74) is 0.592. The Hall–Kier alpha value is -1.56. The highest BCUT2D eigenvalue weighted by atomic mass is 32.2. The van der Waals surface area contributed by atoms with Crippen LogP contribution in [0.25, 0.3) is 0 Å². The summed E-state index contributed by atoms with van der Waals surface area (Å²) in [5.74, 6) is -1.06. The molecule has 0 aliphatic carbocycles. The van der Waals surface area contributed by atoms with Crippen LogP contribution in [-0.2, 0) is 14.6 Å². The molecule has 0 bridgehead atoms. The monoisotopic (exact) mass is 313 g/mol. The molecule has 0 aliphatic rings. The summed E-state index contributed by atoms with van der Waals surface area (Å²) >= 11 is 0. The lowest BCUT2D eigenvalue weighted by atomic mass is 10.1. The fraction of sp³-hybridized carbons (Fsp3) is 0.533. The summed E-state index contributed by atoms with van der Waals surface area (Å²) in [7, 11) is -3.26. The first-order valence-corrected chi connectivity index (χ1v) is 8.82. The van der Waals surface area contributed by atoms with E-state index in [4.69, 9.17) is 5.11 Å². The smallest absolute Gasteiger partial charge is 0.306 e. The van der Waals surface area contributed by atoms with Gasteiger partial charge in [-0.2, -0.15) is 0 Å². The van der Waals surface area contributed by atoms with Crippen LogP contribution in [0.15, 0.2) is 29.2 Å². The van der Waals surface area contributed by atoms with Gasteiger partial charge in [0.1, 0.15) is 0 Å². The maximum Gasteiger partial charge on any atom is 0.306 e. The van der Waals surface area contributed by atoms with Crippen molar-refractivity contribution in [1.82, 2.24) is 0 Å². The molecule has 0 amide bonds. The van der Waals surface area contributed by atoms with Gasteiger partial charge in [-0.05, 0) is 31.4 Å². The molecule has 1 aromatic carbocycles. The van der Waals surface area contributed by atoms with Gasteiger partial charge in [0.15, 0.2) is 9.84 Å². The fourth-order valence-electron chi connectivity index (χ4n) is 2.02. The molecule has 0 saturated heterocycles. The molecule has 0 radical (unpaired) electrons. The Kier molecular flexibility index (Phi) is 6.68. The minimum Gasteiger partial charge on any atom is -0.481 e. The molecule has 0 fully saturated rings. The number of carboxylic acid groups (broad SMARTS) is 1. The summed E-state index contributed by atoms with van der Waals surface area (Å²) in [4.78, 5) is 11.0. The average Bonchev–Trinajstić information content (AvgIpc) is 2.43. The van der Waals surface area contributed by atoms with E-state index < -0.39 is 15.8 Å². The van der Waals surface area contributed by atoms with Gasteiger partial charge >= 0.3 is 5.97 Å². The van der Waals surface area contributed by atoms with Crippen molar-refractivity contribution in [2.75, 3.05) is 17.6 Å². The van der Waals surface area contributed by atoms with Crippen LogP contribution in [0.2, 0.25) is 0 Å². The van der Waals surface area contributed by atoms with Gasteiger partial charge in [0.25, 0.3) is 0 Å². The third-order valence-corrected chi connectivity index (χ3v) is 5.22. The number of para-hydroxylation sites is 1. The van der Waals surface area contributed by atoms with Crippen LogP contribution in [0.1, 0.15) is 33.1 Å². The van der Waals surface area contributed by atoms with E-state index in [-0.39, 0.29) is 11.7 Å². The van der Waals surface area contributed by atoms with E-state index in [1.165, 1.54) is 0 Å². The van der Waals surface area contributed by atoms with Crippen LogP contribution >= 0.6 is 0 Å². The summed E-state index contributed by atoms with van der Waals surface area (Å²) < 4.78 is 24.3. The van der Waals surface area contributed by atoms with Gasteiger partial charge in [-0.25, -0.2) is 8.42 Å². The van der Waals surface area contributed by atoms with E-state index in [1.54, 1.807) is 31.2 Å². The van der Waals surface area contributed by atoms with Crippen LogP contribution in [0.5, 0.6) is 0 Å². The maximum absolute atomic E-state index is 12.2. The first-order valence-electron chi connectivity index (χ1n) is 7.17. The lowest BCUT2D eigenvalue weighted by molar-refractivity contribution is -0.141. The number of anilines is 1. The average molecular weight is 313 g/mol. The van der Waals surface area contributed by atoms with E-state index in [9.17, 15) is 13.2 Å². The SMILES string of the molecule is CCCS(=O)(=O)c1ccccc1NCCCC(C)C(=O)O. The standard InChI is InChI=1S/C15H23NO4S/c1-3-11-21(19,20)14-9-5-4-8-13(14)16-10-6-7-12(2)15(17)18/h4-5,8-9,12,16H,3,6-7,10-11H2,1-2H3,(H,17,18). The molecule has 1 atom stereocenters. The van der Waals surface area contributed by atoms with Crippen molar-refractivity contribution >= 4 is 21.5 Å². The highest BCUT2D eigenvalue weighted by Crippen LogP contribution is 2.22. The Morgan fingerprint density at radius 1 is 1.33 bits per heavy atom. The van der Waals surface area contributed by atoms with Gasteiger partial charge in [0.05, 0.1) is 22.3 Å².